The van der Waals surface area contributed by atoms with Gasteiger partial charge >= 0.3 is 5.97 Å². The van der Waals surface area contributed by atoms with E-state index in [2.05, 4.69) is 10.6 Å². The van der Waals surface area contributed by atoms with Crippen molar-refractivity contribution in [1.82, 2.24) is 5.32 Å². The SMILES string of the molecule is CCCCOC(=O)[C@H](C)NC(=O)Cc1ccccc1Nc1c(Cl)cccc1Cl. The highest BCUT2D eigenvalue weighted by Gasteiger charge is 2.18. The van der Waals surface area contributed by atoms with Crippen LogP contribution in [0.3, 0.4) is 0 Å². The molecule has 0 aliphatic carbocycles. The Morgan fingerprint density at radius 2 is 1.75 bits per heavy atom. The van der Waals surface area contributed by atoms with E-state index in [0.717, 1.165) is 18.4 Å². The van der Waals surface area contributed by atoms with E-state index in [1.807, 2.05) is 31.2 Å². The average Bonchev–Trinajstić information content (AvgIpc) is 2.66. The summed E-state index contributed by atoms with van der Waals surface area (Å²) in [5, 5.41) is 6.83. The number of hydrogen-bond donors (Lipinski definition) is 2. The van der Waals surface area contributed by atoms with E-state index in [-0.39, 0.29) is 12.3 Å². The quantitative estimate of drug-likeness (QED) is 0.434. The summed E-state index contributed by atoms with van der Waals surface area (Å²) in [4.78, 5) is 24.3. The minimum Gasteiger partial charge on any atom is -0.464 e. The Kier molecular flexibility index (Phi) is 8.61. The van der Waals surface area contributed by atoms with Crippen molar-refractivity contribution < 1.29 is 14.3 Å². The molecule has 0 radical (unpaired) electrons. The first kappa shape index (κ1) is 22.1. The second kappa shape index (κ2) is 10.9. The molecule has 0 saturated heterocycles. The van der Waals surface area contributed by atoms with Gasteiger partial charge in [-0.15, -0.1) is 0 Å². The topological polar surface area (TPSA) is 67.4 Å². The van der Waals surface area contributed by atoms with Crippen LogP contribution in [0, 0.1) is 0 Å². The predicted molar refractivity (Wildman–Crippen MR) is 113 cm³/mol. The van der Waals surface area contributed by atoms with E-state index >= 15 is 0 Å². The number of benzene rings is 2. The summed E-state index contributed by atoms with van der Waals surface area (Å²) in [6.07, 6.45) is 1.83. The van der Waals surface area contributed by atoms with Crippen molar-refractivity contribution in [2.24, 2.45) is 0 Å². The number of nitrogens with one attached hydrogen (secondary N) is 2. The molecule has 150 valence electrons. The zero-order chi connectivity index (χ0) is 20.5. The fourth-order valence-corrected chi connectivity index (χ4v) is 3.01. The molecule has 0 heterocycles. The molecule has 1 atom stereocenters. The average molecular weight is 423 g/mol. The van der Waals surface area contributed by atoms with Crippen molar-refractivity contribution in [3.05, 3.63) is 58.1 Å². The van der Waals surface area contributed by atoms with Gasteiger partial charge in [0.2, 0.25) is 5.91 Å². The number of para-hydroxylation sites is 2. The van der Waals surface area contributed by atoms with Gasteiger partial charge < -0.3 is 15.4 Å². The lowest BCUT2D eigenvalue weighted by Crippen LogP contribution is -2.40. The number of esters is 1. The van der Waals surface area contributed by atoms with Crippen LogP contribution in [0.1, 0.15) is 32.3 Å². The van der Waals surface area contributed by atoms with E-state index in [9.17, 15) is 9.59 Å². The number of amides is 1. The van der Waals surface area contributed by atoms with Crippen LogP contribution in [0.4, 0.5) is 11.4 Å². The molecule has 0 aliphatic rings. The summed E-state index contributed by atoms with van der Waals surface area (Å²) in [5.74, 6) is -0.712. The molecule has 7 heteroatoms. The summed E-state index contributed by atoms with van der Waals surface area (Å²) in [7, 11) is 0. The largest absolute Gasteiger partial charge is 0.464 e. The first-order valence-electron chi connectivity index (χ1n) is 9.17. The number of carbonyl (C=O) groups excluding carboxylic acids is 2. The summed E-state index contributed by atoms with van der Waals surface area (Å²) in [6, 6.07) is 11.9. The standard InChI is InChI=1S/C21H24Cl2N2O3/c1-3-4-12-28-21(27)14(2)24-19(26)13-15-8-5-6-11-18(15)25-20-16(22)9-7-10-17(20)23/h5-11,14,25H,3-4,12-13H2,1-2H3,(H,24,26)/t14-/m0/s1. The Hall–Kier alpha value is -2.24. The Labute approximate surface area is 175 Å². The van der Waals surface area contributed by atoms with Crippen LogP contribution in [0.5, 0.6) is 0 Å². The van der Waals surface area contributed by atoms with Gasteiger partial charge in [0.25, 0.3) is 0 Å². The van der Waals surface area contributed by atoms with Crippen molar-refractivity contribution in [2.75, 3.05) is 11.9 Å². The second-order valence-corrected chi connectivity index (χ2v) is 7.18. The third-order valence-corrected chi connectivity index (χ3v) is 4.69. The summed E-state index contributed by atoms with van der Waals surface area (Å²) >= 11 is 12.4. The second-order valence-electron chi connectivity index (χ2n) is 6.37. The molecule has 0 saturated carbocycles. The summed E-state index contributed by atoms with van der Waals surface area (Å²) in [5.41, 5.74) is 2.04. The van der Waals surface area contributed by atoms with Gasteiger partial charge in [0.05, 0.1) is 28.8 Å². The van der Waals surface area contributed by atoms with Gasteiger partial charge in [-0.25, -0.2) is 4.79 Å². The molecule has 28 heavy (non-hydrogen) atoms. The normalized spacial score (nSPS) is 11.6. The summed E-state index contributed by atoms with van der Waals surface area (Å²) in [6.45, 7) is 3.99. The number of hydrogen-bond acceptors (Lipinski definition) is 4. The molecule has 2 N–H and O–H groups in total. The molecule has 0 bridgehead atoms. The molecule has 0 spiro atoms. The molecule has 0 unspecified atom stereocenters. The van der Waals surface area contributed by atoms with E-state index in [1.165, 1.54) is 0 Å². The van der Waals surface area contributed by atoms with E-state index in [0.29, 0.717) is 28.0 Å². The minimum atomic E-state index is -0.706. The third kappa shape index (κ3) is 6.43. The molecule has 1 amide bonds. The maximum Gasteiger partial charge on any atom is 0.328 e. The van der Waals surface area contributed by atoms with Crippen LogP contribution < -0.4 is 10.6 Å². The zero-order valence-corrected chi connectivity index (χ0v) is 17.4. The van der Waals surface area contributed by atoms with Crippen molar-refractivity contribution >= 4 is 46.5 Å². The number of halogens is 2. The highest BCUT2D eigenvalue weighted by atomic mass is 35.5. The molecule has 2 aromatic rings. The first-order chi connectivity index (χ1) is 13.4. The zero-order valence-electron chi connectivity index (χ0n) is 15.9. The lowest BCUT2D eigenvalue weighted by atomic mass is 10.1. The van der Waals surface area contributed by atoms with Crippen molar-refractivity contribution in [1.29, 1.82) is 0 Å². The smallest absolute Gasteiger partial charge is 0.328 e. The van der Waals surface area contributed by atoms with Crippen LogP contribution in [0.25, 0.3) is 0 Å². The molecule has 5 nitrogen and oxygen atoms in total. The highest BCUT2D eigenvalue weighted by molar-refractivity contribution is 6.39. The number of carbonyl (C=O) groups is 2. The lowest BCUT2D eigenvalue weighted by molar-refractivity contribution is -0.147. The lowest BCUT2D eigenvalue weighted by Gasteiger charge is -2.16. The van der Waals surface area contributed by atoms with Crippen LogP contribution in [0.15, 0.2) is 42.5 Å². The molecule has 2 rings (SSSR count). The molecular weight excluding hydrogens is 399 g/mol. The van der Waals surface area contributed by atoms with Gasteiger partial charge in [0.15, 0.2) is 0 Å². The number of ether oxygens (including phenoxy) is 1. The Morgan fingerprint density at radius 1 is 1.07 bits per heavy atom. The van der Waals surface area contributed by atoms with Crippen LogP contribution >= 0.6 is 23.2 Å². The minimum absolute atomic E-state index is 0.0951. The van der Waals surface area contributed by atoms with Crippen LogP contribution in [-0.2, 0) is 20.7 Å². The monoisotopic (exact) mass is 422 g/mol. The predicted octanol–water partition coefficient (Wildman–Crippen LogP) is 5.13. The van der Waals surface area contributed by atoms with Gasteiger partial charge in [-0.3, -0.25) is 4.79 Å². The van der Waals surface area contributed by atoms with Crippen molar-refractivity contribution in [3.8, 4) is 0 Å². The van der Waals surface area contributed by atoms with Gasteiger partial charge in [0.1, 0.15) is 6.04 Å². The molecule has 2 aromatic carbocycles. The van der Waals surface area contributed by atoms with Gasteiger partial charge in [-0.1, -0.05) is 60.8 Å². The first-order valence-corrected chi connectivity index (χ1v) is 9.93. The Bertz CT molecular complexity index is 807. The van der Waals surface area contributed by atoms with Crippen molar-refractivity contribution in [2.45, 2.75) is 39.2 Å². The molecule has 0 aromatic heterocycles. The van der Waals surface area contributed by atoms with Gasteiger partial charge in [-0.2, -0.15) is 0 Å². The maximum absolute atomic E-state index is 12.4. The van der Waals surface area contributed by atoms with Crippen LogP contribution in [0.2, 0.25) is 10.0 Å². The highest BCUT2D eigenvalue weighted by Crippen LogP contribution is 2.33. The van der Waals surface area contributed by atoms with E-state index in [1.54, 1.807) is 25.1 Å². The fourth-order valence-electron chi connectivity index (χ4n) is 2.51. The van der Waals surface area contributed by atoms with Gasteiger partial charge in [0, 0.05) is 5.69 Å². The maximum atomic E-state index is 12.4. The number of rotatable bonds is 9. The van der Waals surface area contributed by atoms with Gasteiger partial charge in [-0.05, 0) is 37.1 Å². The Morgan fingerprint density at radius 3 is 2.43 bits per heavy atom. The molecule has 0 aliphatic heterocycles. The number of unbranched alkanes of at least 4 members (excludes halogenated alkanes) is 1. The molecule has 0 fully saturated rings. The molecular formula is C21H24Cl2N2O3. The van der Waals surface area contributed by atoms with E-state index in [4.69, 9.17) is 27.9 Å². The summed E-state index contributed by atoms with van der Waals surface area (Å²) < 4.78 is 5.13. The van der Waals surface area contributed by atoms with Crippen molar-refractivity contribution in [3.63, 3.8) is 0 Å². The van der Waals surface area contributed by atoms with E-state index < -0.39 is 12.0 Å². The fraction of sp³-hybridized carbons (Fsp3) is 0.333. The third-order valence-electron chi connectivity index (χ3n) is 4.06. The van der Waals surface area contributed by atoms with Crippen LogP contribution in [-0.4, -0.2) is 24.5 Å². The number of anilines is 2. The Balaban J connectivity index is 2.02.